The predicted octanol–water partition coefficient (Wildman–Crippen LogP) is 1.28. The zero-order valence-corrected chi connectivity index (χ0v) is 35.8. The Morgan fingerprint density at radius 3 is 1.83 bits per heavy atom. The summed E-state index contributed by atoms with van der Waals surface area (Å²) in [6, 6.07) is 0. The van der Waals surface area contributed by atoms with Crippen LogP contribution in [0.4, 0.5) is 0 Å². The summed E-state index contributed by atoms with van der Waals surface area (Å²) in [4.78, 5) is 0. The first-order valence-electron chi connectivity index (χ1n) is 21.6. The Hall–Kier alpha value is -0.640. The zero-order valence-electron chi connectivity index (χ0n) is 35.8. The summed E-state index contributed by atoms with van der Waals surface area (Å²) >= 11 is 0. The molecule has 0 bridgehead atoms. The van der Waals surface area contributed by atoms with Crippen molar-refractivity contribution in [3.05, 3.63) is 0 Å². The van der Waals surface area contributed by atoms with Crippen molar-refractivity contribution in [1.29, 1.82) is 0 Å². The van der Waals surface area contributed by atoms with Gasteiger partial charge in [0.1, 0.15) is 41.7 Å². The van der Waals surface area contributed by atoms with Gasteiger partial charge < -0.3 is 78.4 Å². The largest absolute Gasteiger partial charge is 0.392 e. The number of ether oxygens (including phenoxy) is 9. The molecule has 0 spiro atoms. The minimum absolute atomic E-state index is 0.0916. The van der Waals surface area contributed by atoms with E-state index in [0.717, 1.165) is 12.8 Å². The van der Waals surface area contributed by atoms with Gasteiger partial charge in [0.15, 0.2) is 18.9 Å². The lowest BCUT2D eigenvalue weighted by atomic mass is 9.40. The van der Waals surface area contributed by atoms with E-state index in [0.29, 0.717) is 32.1 Å². The van der Waals surface area contributed by atoms with Gasteiger partial charge in [-0.25, -0.2) is 0 Å². The van der Waals surface area contributed by atoms with Gasteiger partial charge >= 0.3 is 0 Å². The van der Waals surface area contributed by atoms with Crippen molar-refractivity contribution in [3.63, 3.8) is 0 Å². The molecule has 4 aliphatic carbocycles. The van der Waals surface area contributed by atoms with Crippen LogP contribution in [0.2, 0.25) is 0 Å². The van der Waals surface area contributed by atoms with Crippen LogP contribution in [-0.2, 0) is 42.6 Å². The number of methoxy groups -OCH3 is 3. The number of aliphatic hydroxyl groups excluding tert-OH is 4. The topological polar surface area (TPSA) is 225 Å². The van der Waals surface area contributed by atoms with Crippen LogP contribution in [0.25, 0.3) is 0 Å². The third-order valence-corrected chi connectivity index (χ3v) is 16.7. The molecule has 0 aromatic heterocycles. The molecular weight excluding hydrogens is 760 g/mol. The van der Waals surface area contributed by atoms with Crippen LogP contribution in [0.5, 0.6) is 0 Å². The molecule has 3 aliphatic heterocycles. The summed E-state index contributed by atoms with van der Waals surface area (Å²) in [6.07, 6.45) is -6.94. The Balaban J connectivity index is 0.952. The maximum atomic E-state index is 12.6. The summed E-state index contributed by atoms with van der Waals surface area (Å²) < 4.78 is 55.2. The first kappa shape index (κ1) is 45.4. The van der Waals surface area contributed by atoms with Crippen molar-refractivity contribution in [2.75, 3.05) is 21.3 Å². The Morgan fingerprint density at radius 2 is 1.24 bits per heavy atom. The molecule has 0 unspecified atom stereocenters. The highest BCUT2D eigenvalue weighted by atomic mass is 16.8. The molecule has 336 valence electrons. The van der Waals surface area contributed by atoms with Crippen LogP contribution < -0.4 is 0 Å². The second kappa shape index (κ2) is 16.5. The van der Waals surface area contributed by atoms with Gasteiger partial charge in [-0.1, -0.05) is 13.8 Å². The molecular formula is C42H72O16. The minimum Gasteiger partial charge on any atom is -0.392 e. The van der Waals surface area contributed by atoms with Crippen molar-refractivity contribution >= 4 is 0 Å². The third kappa shape index (κ3) is 6.96. The summed E-state index contributed by atoms with van der Waals surface area (Å²) in [5, 5.41) is 80.3. The summed E-state index contributed by atoms with van der Waals surface area (Å²) in [6.45, 7) is 10.8. The smallest absolute Gasteiger partial charge is 0.187 e. The molecule has 0 aromatic rings. The number of aliphatic hydroxyl groups is 7. The van der Waals surface area contributed by atoms with Gasteiger partial charge in [-0.15, -0.1) is 0 Å². The molecule has 23 atom stereocenters. The first-order valence-corrected chi connectivity index (χ1v) is 21.6. The number of fused-ring (bicyclic) bond motifs is 5. The molecule has 3 saturated heterocycles. The standard InChI is InChI=1S/C42H72O16/c1-20-32(45)36(52-9)33(46)37(55-20)58-35-22(3)54-31(18-27(35)51-8)57-34-21(2)53-30(17-26(34)50-7)56-25-11-12-38(5)24(16-25)10-13-41(48)28(38)19-29(44)39(6)40(47,23(4)43)14-15-42(39,41)49/h20-37,43-49H,10-19H2,1-9H3/t20-,21-,22-,23+,24+,25-,26+,27-,28-,29+,30+,31+,32-,33-,34-,35-,36+,37+,38-,39-,40-,41+,42-/m1/s1. The number of hydrogen-bond donors (Lipinski definition) is 7. The minimum atomic E-state index is -1.76. The van der Waals surface area contributed by atoms with E-state index in [-0.39, 0.29) is 42.8 Å². The highest BCUT2D eigenvalue weighted by Gasteiger charge is 2.80. The van der Waals surface area contributed by atoms with Crippen molar-refractivity contribution < 1.29 is 78.4 Å². The van der Waals surface area contributed by atoms with Crippen LogP contribution >= 0.6 is 0 Å². The Bertz CT molecular complexity index is 1420. The number of hydrogen-bond acceptors (Lipinski definition) is 16. The third-order valence-electron chi connectivity index (χ3n) is 16.7. The second-order valence-electron chi connectivity index (χ2n) is 19.3. The van der Waals surface area contributed by atoms with E-state index in [9.17, 15) is 35.7 Å². The van der Waals surface area contributed by atoms with E-state index in [1.165, 1.54) is 14.0 Å². The van der Waals surface area contributed by atoms with Crippen LogP contribution in [0.1, 0.15) is 106 Å². The summed E-state index contributed by atoms with van der Waals surface area (Å²) in [5.41, 5.74) is -6.89. The fraction of sp³-hybridized carbons (Fsp3) is 1.00. The SMILES string of the molecule is CO[C@@H]1[C@@H](O)[C@H](O[C@@H]2[C@@H](C)O[C@@H](O[C@H]3[C@@H](OC)C[C@H](O[C@@H]4CC[C@]5(C)[C@@H](CC[C@]6(O)[C@@H]5C[C@H](O)[C@@]5(C)[C@]6(O)CC[C@@]5(O)[C@H](C)O)C4)O[C@@H]3C)C[C@H]2OC)O[C@H](C)[C@H]1O. The van der Waals surface area contributed by atoms with E-state index in [1.807, 2.05) is 13.8 Å². The van der Waals surface area contributed by atoms with Gasteiger partial charge in [0.05, 0.1) is 59.8 Å². The van der Waals surface area contributed by atoms with E-state index < -0.39 is 114 Å². The molecule has 7 N–H and O–H groups in total. The van der Waals surface area contributed by atoms with Crippen LogP contribution in [0.15, 0.2) is 0 Å². The van der Waals surface area contributed by atoms with Gasteiger partial charge in [-0.2, -0.15) is 0 Å². The van der Waals surface area contributed by atoms with Crippen molar-refractivity contribution in [2.45, 2.75) is 221 Å². The van der Waals surface area contributed by atoms with Gasteiger partial charge in [-0.05, 0) is 96.3 Å². The first-order chi connectivity index (χ1) is 27.2. The molecule has 7 rings (SSSR count). The lowest BCUT2D eigenvalue weighted by molar-refractivity contribution is -0.353. The van der Waals surface area contributed by atoms with Gasteiger partial charge in [0.2, 0.25) is 0 Å². The van der Waals surface area contributed by atoms with E-state index in [2.05, 4.69) is 6.92 Å². The monoisotopic (exact) mass is 832 g/mol. The molecule has 3 heterocycles. The zero-order chi connectivity index (χ0) is 42.3. The van der Waals surface area contributed by atoms with E-state index in [1.54, 1.807) is 28.1 Å². The van der Waals surface area contributed by atoms with Crippen molar-refractivity contribution in [3.8, 4) is 0 Å². The highest BCUT2D eigenvalue weighted by molar-refractivity contribution is 5.30. The molecule has 16 heteroatoms. The quantitative estimate of drug-likeness (QED) is 0.154. The lowest BCUT2D eigenvalue weighted by Gasteiger charge is -2.69. The predicted molar refractivity (Wildman–Crippen MR) is 204 cm³/mol. The molecule has 7 fully saturated rings. The summed E-state index contributed by atoms with van der Waals surface area (Å²) in [5.74, 6) is -0.233. The molecule has 0 radical (unpaired) electrons. The van der Waals surface area contributed by atoms with E-state index in [4.69, 9.17) is 42.6 Å². The Morgan fingerprint density at radius 1 is 0.638 bits per heavy atom. The average molecular weight is 833 g/mol. The lowest BCUT2D eigenvalue weighted by Crippen LogP contribution is -2.79. The maximum Gasteiger partial charge on any atom is 0.187 e. The maximum absolute atomic E-state index is 12.6. The van der Waals surface area contributed by atoms with Crippen LogP contribution in [-0.4, -0.2) is 172 Å². The normalized spacial score (nSPS) is 56.6. The average Bonchev–Trinajstić information content (AvgIpc) is 3.41. The fourth-order valence-electron chi connectivity index (χ4n) is 13.0. The Labute approximate surface area is 342 Å². The molecule has 0 aromatic carbocycles. The van der Waals surface area contributed by atoms with E-state index >= 15 is 0 Å². The van der Waals surface area contributed by atoms with Crippen molar-refractivity contribution in [2.24, 2.45) is 22.7 Å². The fourth-order valence-corrected chi connectivity index (χ4v) is 13.0. The molecule has 0 amide bonds. The van der Waals surface area contributed by atoms with Crippen molar-refractivity contribution in [1.82, 2.24) is 0 Å². The Kier molecular flexibility index (Phi) is 12.9. The molecule has 58 heavy (non-hydrogen) atoms. The van der Waals surface area contributed by atoms with Crippen LogP contribution in [0.3, 0.4) is 0 Å². The van der Waals surface area contributed by atoms with Gasteiger partial charge in [-0.3, -0.25) is 0 Å². The molecule has 7 aliphatic rings. The molecule has 4 saturated carbocycles. The van der Waals surface area contributed by atoms with Gasteiger partial charge in [0.25, 0.3) is 0 Å². The summed E-state index contributed by atoms with van der Waals surface area (Å²) in [7, 11) is 4.64. The van der Waals surface area contributed by atoms with Crippen LogP contribution in [0, 0.1) is 22.7 Å². The second-order valence-corrected chi connectivity index (χ2v) is 19.3. The highest BCUT2D eigenvalue weighted by Crippen LogP contribution is 2.71. The number of rotatable bonds is 10. The molecule has 16 nitrogen and oxygen atoms in total. The van der Waals surface area contributed by atoms with Gasteiger partial charge in [0, 0.05) is 34.2 Å².